The second-order valence-electron chi connectivity index (χ2n) is 8.10. The third-order valence-electron chi connectivity index (χ3n) is 4.71. The van der Waals surface area contributed by atoms with Crippen LogP contribution in [0.4, 0.5) is 29.3 Å². The fraction of sp³-hybridized carbons (Fsp3) is 0.318. The zero-order chi connectivity index (χ0) is 23.5. The number of rotatable bonds is 6. The molecule has 3 aromatic rings. The minimum atomic E-state index is -4.40. The average molecular weight is 448 g/mol. The van der Waals surface area contributed by atoms with Crippen LogP contribution in [0, 0.1) is 0 Å². The molecule has 1 amide bonds. The van der Waals surface area contributed by atoms with E-state index >= 15 is 0 Å². The highest BCUT2D eigenvalue weighted by atomic mass is 19.4. The Bertz CT molecular complexity index is 1070. The van der Waals surface area contributed by atoms with Crippen molar-refractivity contribution in [2.45, 2.75) is 38.9 Å². The summed E-state index contributed by atoms with van der Waals surface area (Å²) in [6.45, 7) is 5.57. The van der Waals surface area contributed by atoms with Gasteiger partial charge in [0.2, 0.25) is 11.8 Å². The number of halogens is 3. The fourth-order valence-corrected chi connectivity index (χ4v) is 3.07. The van der Waals surface area contributed by atoms with Crippen LogP contribution in [-0.2, 0) is 12.6 Å². The number of anilines is 2. The van der Waals surface area contributed by atoms with Gasteiger partial charge in [-0.05, 0) is 57.2 Å². The maximum Gasteiger partial charge on any atom is 0.416 e. The molecule has 0 bridgehead atoms. The number of carbonyl (C=O) groups is 1. The number of nitrogens with zero attached hydrogens (tertiary/aromatic N) is 3. The fourth-order valence-electron chi connectivity index (χ4n) is 3.07. The Morgan fingerprint density at radius 1 is 1.06 bits per heavy atom. The Labute approximate surface area is 182 Å². The van der Waals surface area contributed by atoms with Gasteiger partial charge in [-0.3, -0.25) is 0 Å². The summed E-state index contributed by atoms with van der Waals surface area (Å²) >= 11 is 0. The Morgan fingerprint density at radius 3 is 2.31 bits per heavy atom. The van der Waals surface area contributed by atoms with Crippen LogP contribution in [-0.4, -0.2) is 38.4 Å². The Kier molecular flexibility index (Phi) is 6.42. The summed E-state index contributed by atoms with van der Waals surface area (Å²) < 4.78 is 44.0. The molecular weight excluding hydrogens is 425 g/mol. The van der Waals surface area contributed by atoms with E-state index in [9.17, 15) is 23.1 Å². The molecule has 0 aliphatic heterocycles. The number of hydrogen-bond acceptors (Lipinski definition) is 5. The first-order valence-electron chi connectivity index (χ1n) is 9.82. The van der Waals surface area contributed by atoms with Crippen molar-refractivity contribution in [3.05, 3.63) is 60.0 Å². The maximum atomic E-state index is 12.8. The number of para-hydroxylation sites is 1. The molecule has 0 saturated heterocycles. The first kappa shape index (κ1) is 23.1. The van der Waals surface area contributed by atoms with Crippen LogP contribution in [0.2, 0.25) is 0 Å². The molecule has 0 aliphatic carbocycles. The molecule has 1 aromatic heterocycles. The van der Waals surface area contributed by atoms with Gasteiger partial charge in [-0.1, -0.05) is 12.1 Å². The van der Waals surface area contributed by atoms with Crippen LogP contribution in [0.3, 0.4) is 0 Å². The molecule has 0 fully saturated rings. The average Bonchev–Trinajstić information content (AvgIpc) is 3.16. The van der Waals surface area contributed by atoms with E-state index in [1.165, 1.54) is 17.0 Å². The smallest absolute Gasteiger partial charge is 0.416 e. The summed E-state index contributed by atoms with van der Waals surface area (Å²) in [6, 6.07) is 11.7. The van der Waals surface area contributed by atoms with Gasteiger partial charge in [-0.15, -0.1) is 10.2 Å². The van der Waals surface area contributed by atoms with Gasteiger partial charge in [0, 0.05) is 24.2 Å². The van der Waals surface area contributed by atoms with Crippen molar-refractivity contribution in [3.8, 4) is 11.5 Å². The highest BCUT2D eigenvalue weighted by Gasteiger charge is 2.30. The van der Waals surface area contributed by atoms with Crippen LogP contribution in [0.5, 0.6) is 0 Å². The van der Waals surface area contributed by atoms with Crippen molar-refractivity contribution in [1.82, 2.24) is 15.1 Å². The molecule has 0 spiro atoms. The largest absolute Gasteiger partial charge is 0.465 e. The molecule has 0 atom stereocenters. The Balaban J connectivity index is 1.76. The van der Waals surface area contributed by atoms with Crippen LogP contribution in [0.25, 0.3) is 11.5 Å². The second-order valence-corrected chi connectivity index (χ2v) is 8.10. The van der Waals surface area contributed by atoms with Crippen molar-refractivity contribution in [3.63, 3.8) is 0 Å². The Morgan fingerprint density at radius 2 is 1.72 bits per heavy atom. The monoisotopic (exact) mass is 448 g/mol. The molecule has 32 heavy (non-hydrogen) atoms. The molecule has 3 rings (SSSR count). The van der Waals surface area contributed by atoms with Crippen molar-refractivity contribution in [2.24, 2.45) is 0 Å². The number of alkyl halides is 3. The zero-order valence-electron chi connectivity index (χ0n) is 17.8. The zero-order valence-corrected chi connectivity index (χ0v) is 17.8. The van der Waals surface area contributed by atoms with Crippen LogP contribution < -0.4 is 5.32 Å². The predicted molar refractivity (Wildman–Crippen MR) is 113 cm³/mol. The normalized spacial score (nSPS) is 11.9. The number of nitrogens with one attached hydrogen (secondary N) is 1. The van der Waals surface area contributed by atoms with Gasteiger partial charge in [0.05, 0.1) is 16.8 Å². The molecule has 2 N–H and O–H groups in total. The third-order valence-corrected chi connectivity index (χ3v) is 4.71. The summed E-state index contributed by atoms with van der Waals surface area (Å²) in [4.78, 5) is 12.8. The molecule has 170 valence electrons. The van der Waals surface area contributed by atoms with Gasteiger partial charge >= 0.3 is 12.3 Å². The lowest BCUT2D eigenvalue weighted by molar-refractivity contribution is -0.137. The van der Waals surface area contributed by atoms with E-state index in [4.69, 9.17) is 4.42 Å². The summed E-state index contributed by atoms with van der Waals surface area (Å²) in [5.74, 6) is 0.493. The van der Waals surface area contributed by atoms with E-state index in [-0.39, 0.29) is 24.7 Å². The van der Waals surface area contributed by atoms with E-state index in [0.717, 1.165) is 12.1 Å². The summed E-state index contributed by atoms with van der Waals surface area (Å²) in [5, 5.41) is 20.5. The van der Waals surface area contributed by atoms with E-state index in [1.807, 2.05) is 0 Å². The molecule has 0 aliphatic rings. The second kappa shape index (κ2) is 8.89. The van der Waals surface area contributed by atoms with E-state index < -0.39 is 23.4 Å². The van der Waals surface area contributed by atoms with Crippen LogP contribution >= 0.6 is 0 Å². The van der Waals surface area contributed by atoms with Gasteiger partial charge < -0.3 is 19.7 Å². The number of hydrogen-bond donors (Lipinski definition) is 2. The molecule has 0 unspecified atom stereocenters. The summed E-state index contributed by atoms with van der Waals surface area (Å²) in [6.07, 6.45) is -5.20. The minimum absolute atomic E-state index is 0.186. The lowest BCUT2D eigenvalue weighted by Crippen LogP contribution is -2.45. The molecular formula is C22H23F3N4O3. The third kappa shape index (κ3) is 5.57. The van der Waals surface area contributed by atoms with Gasteiger partial charge in [0.25, 0.3) is 0 Å². The number of benzene rings is 2. The topological polar surface area (TPSA) is 91.5 Å². The van der Waals surface area contributed by atoms with E-state index in [2.05, 4.69) is 15.5 Å². The number of amides is 1. The lowest BCUT2D eigenvalue weighted by atomic mass is 10.1. The number of carboxylic acid groups (broad SMARTS) is 1. The van der Waals surface area contributed by atoms with Crippen molar-refractivity contribution < 1.29 is 27.5 Å². The standard InChI is InChI=1S/C22H23F3N4O3/c1-21(2,3)29(20(30)31)13-12-18-27-28-19(32-18)16-6-4-5-7-17(16)26-15-10-8-14(9-11-15)22(23,24)25/h4-11,26H,12-13H2,1-3H3,(H,30,31). The molecule has 7 nitrogen and oxygen atoms in total. The molecule has 2 aromatic carbocycles. The van der Waals surface area contributed by atoms with Crippen molar-refractivity contribution >= 4 is 17.5 Å². The molecule has 0 saturated carbocycles. The Hall–Kier alpha value is -3.56. The van der Waals surface area contributed by atoms with Gasteiger partial charge in [-0.25, -0.2) is 4.79 Å². The van der Waals surface area contributed by atoms with Crippen LogP contribution in [0.1, 0.15) is 32.2 Å². The highest BCUT2D eigenvalue weighted by molar-refractivity contribution is 5.76. The minimum Gasteiger partial charge on any atom is -0.465 e. The summed E-state index contributed by atoms with van der Waals surface area (Å²) in [5.41, 5.74) is 0.296. The van der Waals surface area contributed by atoms with Gasteiger partial charge in [-0.2, -0.15) is 13.2 Å². The van der Waals surface area contributed by atoms with E-state index in [0.29, 0.717) is 16.9 Å². The predicted octanol–water partition coefficient (Wildman–Crippen LogP) is 5.82. The SMILES string of the molecule is CC(C)(C)N(CCc1nnc(-c2ccccc2Nc2ccc(C(F)(F)F)cc2)o1)C(=O)O. The lowest BCUT2D eigenvalue weighted by Gasteiger charge is -2.32. The molecule has 10 heteroatoms. The van der Waals surface area contributed by atoms with Crippen LogP contribution in [0.15, 0.2) is 52.9 Å². The molecule has 0 radical (unpaired) electrons. The van der Waals surface area contributed by atoms with Crippen molar-refractivity contribution in [2.75, 3.05) is 11.9 Å². The quantitative estimate of drug-likeness (QED) is 0.494. The first-order valence-corrected chi connectivity index (χ1v) is 9.82. The highest BCUT2D eigenvalue weighted by Crippen LogP contribution is 2.32. The van der Waals surface area contributed by atoms with Gasteiger partial charge in [0.15, 0.2) is 0 Å². The van der Waals surface area contributed by atoms with Crippen molar-refractivity contribution in [1.29, 1.82) is 0 Å². The van der Waals surface area contributed by atoms with Gasteiger partial charge in [0.1, 0.15) is 0 Å². The molecule has 1 heterocycles. The first-order chi connectivity index (χ1) is 14.9. The summed E-state index contributed by atoms with van der Waals surface area (Å²) in [7, 11) is 0. The van der Waals surface area contributed by atoms with E-state index in [1.54, 1.807) is 45.0 Å². The number of aromatic nitrogens is 2. The maximum absolute atomic E-state index is 12.8.